The van der Waals surface area contributed by atoms with Crippen LogP contribution < -0.4 is 0 Å². The van der Waals surface area contributed by atoms with Crippen molar-refractivity contribution in [2.24, 2.45) is 0 Å². The van der Waals surface area contributed by atoms with Crippen molar-refractivity contribution in [1.29, 1.82) is 0 Å². The zero-order valence-electron chi connectivity index (χ0n) is 7.07. The van der Waals surface area contributed by atoms with Crippen molar-refractivity contribution in [1.82, 2.24) is 0 Å². The van der Waals surface area contributed by atoms with E-state index in [0.717, 1.165) is 0 Å². The van der Waals surface area contributed by atoms with Crippen LogP contribution in [0.25, 0.3) is 0 Å². The zero-order valence-corrected chi connectivity index (χ0v) is 8.78. The summed E-state index contributed by atoms with van der Waals surface area (Å²) >= 11 is 1.26. The Morgan fingerprint density at radius 2 is 1.73 bits per heavy atom. The van der Waals surface area contributed by atoms with Gasteiger partial charge in [0.2, 0.25) is 0 Å². The first-order valence-electron chi connectivity index (χ1n) is 3.54. The highest BCUT2D eigenvalue weighted by molar-refractivity contribution is 8.05. The quantitative estimate of drug-likeness (QED) is 0.679. The van der Waals surface area contributed by atoms with Crippen LogP contribution >= 0.6 is 19.4 Å². The molecule has 0 aliphatic heterocycles. The normalized spacial score (nSPS) is 13.5. The maximum absolute atomic E-state index is 11.0. The number of rotatable bonds is 4. The largest absolute Gasteiger partial charge is 0.341 e. The number of thioether (sulfide) groups is 1. The SMILES string of the molecule is CCC(CC)(SC)P(=O)(O)O. The molecule has 5 heteroatoms. The lowest BCUT2D eigenvalue weighted by atomic mass is 10.2. The Morgan fingerprint density at radius 3 is 1.73 bits per heavy atom. The van der Waals surface area contributed by atoms with Gasteiger partial charge in [-0.3, -0.25) is 4.57 Å². The van der Waals surface area contributed by atoms with E-state index in [2.05, 4.69) is 0 Å². The van der Waals surface area contributed by atoms with Crippen molar-refractivity contribution in [3.05, 3.63) is 0 Å². The molecule has 0 amide bonds. The summed E-state index contributed by atoms with van der Waals surface area (Å²) in [7, 11) is -3.94. The first-order chi connectivity index (χ1) is 4.93. The van der Waals surface area contributed by atoms with Crippen molar-refractivity contribution in [3.8, 4) is 0 Å². The molecule has 0 rings (SSSR count). The fourth-order valence-corrected chi connectivity index (χ4v) is 3.42. The van der Waals surface area contributed by atoms with E-state index in [-0.39, 0.29) is 0 Å². The average Bonchev–Trinajstić information content (AvgIpc) is 1.90. The van der Waals surface area contributed by atoms with E-state index in [1.165, 1.54) is 11.8 Å². The second-order valence-corrected chi connectivity index (χ2v) is 5.84. The lowest BCUT2D eigenvalue weighted by Crippen LogP contribution is -2.21. The van der Waals surface area contributed by atoms with Crippen molar-refractivity contribution < 1.29 is 14.4 Å². The van der Waals surface area contributed by atoms with Gasteiger partial charge in [0, 0.05) is 0 Å². The third kappa shape index (κ3) is 2.22. The Morgan fingerprint density at radius 1 is 1.36 bits per heavy atom. The monoisotopic (exact) mass is 198 g/mol. The van der Waals surface area contributed by atoms with Crippen LogP contribution in [0.4, 0.5) is 0 Å². The van der Waals surface area contributed by atoms with Crippen molar-refractivity contribution in [2.75, 3.05) is 6.26 Å². The van der Waals surface area contributed by atoms with E-state index in [4.69, 9.17) is 9.79 Å². The second-order valence-electron chi connectivity index (χ2n) is 2.40. The van der Waals surface area contributed by atoms with E-state index in [1.54, 1.807) is 20.1 Å². The molecule has 0 spiro atoms. The van der Waals surface area contributed by atoms with Gasteiger partial charge in [-0.25, -0.2) is 0 Å². The Labute approximate surface area is 71.7 Å². The van der Waals surface area contributed by atoms with Gasteiger partial charge in [-0.2, -0.15) is 0 Å². The lowest BCUT2D eigenvalue weighted by Gasteiger charge is -2.29. The van der Waals surface area contributed by atoms with Gasteiger partial charge in [0.1, 0.15) is 4.49 Å². The van der Waals surface area contributed by atoms with E-state index in [1.807, 2.05) is 0 Å². The Balaban J connectivity index is 4.70. The maximum Gasteiger partial charge on any atom is 0.341 e. The van der Waals surface area contributed by atoms with E-state index >= 15 is 0 Å². The van der Waals surface area contributed by atoms with Gasteiger partial charge >= 0.3 is 7.60 Å². The van der Waals surface area contributed by atoms with Gasteiger partial charge in [-0.15, -0.1) is 11.8 Å². The Bertz CT molecular complexity index is 153. The van der Waals surface area contributed by atoms with Gasteiger partial charge in [0.15, 0.2) is 0 Å². The molecular formula is C6H15O3PS. The minimum atomic E-state index is -3.94. The molecular weight excluding hydrogens is 183 g/mol. The number of hydrogen-bond acceptors (Lipinski definition) is 2. The average molecular weight is 198 g/mol. The summed E-state index contributed by atoms with van der Waals surface area (Å²) in [6, 6.07) is 0. The summed E-state index contributed by atoms with van der Waals surface area (Å²) in [5, 5.41) is 0. The van der Waals surface area contributed by atoms with Crippen LogP contribution in [0.1, 0.15) is 26.7 Å². The molecule has 0 saturated heterocycles. The van der Waals surface area contributed by atoms with Crippen LogP contribution in [0, 0.1) is 0 Å². The molecule has 0 atom stereocenters. The molecule has 0 aromatic carbocycles. The molecule has 3 nitrogen and oxygen atoms in total. The molecule has 2 N–H and O–H groups in total. The van der Waals surface area contributed by atoms with Gasteiger partial charge < -0.3 is 9.79 Å². The molecule has 0 aliphatic rings. The summed E-state index contributed by atoms with van der Waals surface area (Å²) in [6.07, 6.45) is 2.76. The van der Waals surface area contributed by atoms with Crippen LogP contribution in [0.15, 0.2) is 0 Å². The second kappa shape index (κ2) is 3.94. The smallest absolute Gasteiger partial charge is 0.323 e. The molecule has 0 aromatic heterocycles. The van der Waals surface area contributed by atoms with Crippen LogP contribution in [0.5, 0.6) is 0 Å². The first-order valence-corrected chi connectivity index (χ1v) is 6.38. The van der Waals surface area contributed by atoms with Crippen molar-refractivity contribution in [2.45, 2.75) is 31.2 Å². The summed E-state index contributed by atoms with van der Waals surface area (Å²) in [5.41, 5.74) is 0. The summed E-state index contributed by atoms with van der Waals surface area (Å²) in [6.45, 7) is 3.61. The Kier molecular flexibility index (Phi) is 4.12. The third-order valence-corrected chi connectivity index (χ3v) is 6.31. The highest BCUT2D eigenvalue weighted by atomic mass is 32.2. The topological polar surface area (TPSA) is 57.5 Å². The summed E-state index contributed by atoms with van der Waals surface area (Å²) < 4.78 is 10.2. The minimum Gasteiger partial charge on any atom is -0.323 e. The van der Waals surface area contributed by atoms with Crippen LogP contribution in [0.3, 0.4) is 0 Å². The van der Waals surface area contributed by atoms with Crippen molar-refractivity contribution >= 4 is 19.4 Å². The fourth-order valence-electron chi connectivity index (χ4n) is 1.07. The summed E-state index contributed by atoms with van der Waals surface area (Å²) in [5.74, 6) is 0. The predicted molar refractivity (Wildman–Crippen MR) is 48.9 cm³/mol. The molecule has 0 fully saturated rings. The molecule has 0 unspecified atom stereocenters. The van der Waals surface area contributed by atoms with Gasteiger partial charge in [-0.05, 0) is 19.1 Å². The number of hydrogen-bond donors (Lipinski definition) is 2. The molecule has 0 aliphatic carbocycles. The van der Waals surface area contributed by atoms with E-state index < -0.39 is 12.1 Å². The Hall–Kier alpha value is 0.500. The maximum atomic E-state index is 11.0. The fraction of sp³-hybridized carbons (Fsp3) is 1.00. The van der Waals surface area contributed by atoms with Crippen LogP contribution in [0.2, 0.25) is 0 Å². The minimum absolute atomic E-state index is 0.509. The lowest BCUT2D eigenvalue weighted by molar-refractivity contribution is 0.346. The molecule has 0 aromatic rings. The molecule has 11 heavy (non-hydrogen) atoms. The van der Waals surface area contributed by atoms with E-state index in [9.17, 15) is 4.57 Å². The first kappa shape index (κ1) is 11.5. The van der Waals surface area contributed by atoms with Crippen LogP contribution in [-0.2, 0) is 4.57 Å². The van der Waals surface area contributed by atoms with E-state index in [0.29, 0.717) is 12.8 Å². The predicted octanol–water partition coefficient (Wildman–Crippen LogP) is 2.04. The molecule has 68 valence electrons. The molecule has 0 radical (unpaired) electrons. The molecule has 0 heterocycles. The van der Waals surface area contributed by atoms with Gasteiger partial charge in [0.25, 0.3) is 0 Å². The zero-order chi connectivity index (χ0) is 9.12. The van der Waals surface area contributed by atoms with Crippen LogP contribution in [-0.4, -0.2) is 20.5 Å². The van der Waals surface area contributed by atoms with Gasteiger partial charge in [0.05, 0.1) is 0 Å². The molecule has 0 bridgehead atoms. The third-order valence-electron chi connectivity index (χ3n) is 2.02. The standard InChI is InChI=1S/C6H15O3PS/c1-4-6(5-2,11-3)10(7,8)9/h4-5H2,1-3H3,(H2,7,8,9). The molecule has 0 saturated carbocycles. The summed E-state index contributed by atoms with van der Waals surface area (Å²) in [4.78, 5) is 18.0. The van der Waals surface area contributed by atoms with Crippen molar-refractivity contribution in [3.63, 3.8) is 0 Å². The van der Waals surface area contributed by atoms with Gasteiger partial charge in [-0.1, -0.05) is 13.8 Å². The highest BCUT2D eigenvalue weighted by Gasteiger charge is 2.42. The highest BCUT2D eigenvalue weighted by Crippen LogP contribution is 2.59.